The van der Waals surface area contributed by atoms with Crippen LogP contribution >= 0.6 is 0 Å². The van der Waals surface area contributed by atoms with Gasteiger partial charge in [-0.1, -0.05) is 23.8 Å². The lowest BCUT2D eigenvalue weighted by molar-refractivity contribution is -0.119. The molecule has 4 aromatic rings. The minimum atomic E-state index is -1.01. The Labute approximate surface area is 202 Å². The van der Waals surface area contributed by atoms with Gasteiger partial charge < -0.3 is 5.32 Å². The van der Waals surface area contributed by atoms with Crippen molar-refractivity contribution in [1.82, 2.24) is 19.7 Å². The van der Waals surface area contributed by atoms with Gasteiger partial charge in [0.15, 0.2) is 5.82 Å². The monoisotopic (exact) mass is 467 g/mol. The normalized spacial score (nSPS) is 13.9. The van der Waals surface area contributed by atoms with Crippen molar-refractivity contribution in [2.45, 2.75) is 40.7 Å². The molecule has 0 saturated heterocycles. The first kappa shape index (κ1) is 22.5. The summed E-state index contributed by atoms with van der Waals surface area (Å²) in [6, 6.07) is 13.4. The summed E-state index contributed by atoms with van der Waals surface area (Å²) in [5.41, 5.74) is 5.43. The number of aromatic nitrogens is 3. The number of benzene rings is 2. The molecule has 0 saturated carbocycles. The number of pyridine rings is 1. The van der Waals surface area contributed by atoms with Crippen LogP contribution in [0.5, 0.6) is 0 Å². The van der Waals surface area contributed by atoms with Gasteiger partial charge in [-0.3, -0.25) is 19.3 Å². The maximum Gasteiger partial charge on any atom is 0.262 e. The zero-order valence-electron chi connectivity index (χ0n) is 20.2. The molecular formula is C27H25N5O3. The molecule has 0 bridgehead atoms. The Morgan fingerprint density at radius 2 is 1.57 bits per heavy atom. The van der Waals surface area contributed by atoms with E-state index in [2.05, 4.69) is 29.5 Å². The van der Waals surface area contributed by atoms with Gasteiger partial charge in [0.2, 0.25) is 5.91 Å². The fourth-order valence-corrected chi connectivity index (χ4v) is 4.61. The molecule has 1 aliphatic rings. The van der Waals surface area contributed by atoms with Crippen molar-refractivity contribution < 1.29 is 14.4 Å². The Morgan fingerprint density at radius 1 is 0.914 bits per heavy atom. The van der Waals surface area contributed by atoms with E-state index < -0.39 is 23.8 Å². The lowest BCUT2D eigenvalue weighted by Gasteiger charge is -2.22. The summed E-state index contributed by atoms with van der Waals surface area (Å²) in [6.45, 7) is 9.45. The van der Waals surface area contributed by atoms with Crippen molar-refractivity contribution in [1.29, 1.82) is 0 Å². The Hall–Kier alpha value is -4.33. The quantitative estimate of drug-likeness (QED) is 0.452. The zero-order valence-corrected chi connectivity index (χ0v) is 20.2. The number of nitrogens with one attached hydrogen (secondary N) is 1. The van der Waals surface area contributed by atoms with Crippen LogP contribution in [0.25, 0.3) is 16.7 Å². The maximum atomic E-state index is 13.2. The van der Waals surface area contributed by atoms with E-state index in [0.29, 0.717) is 28.5 Å². The molecule has 3 heterocycles. The van der Waals surface area contributed by atoms with Gasteiger partial charge in [-0.2, -0.15) is 9.78 Å². The van der Waals surface area contributed by atoms with Crippen molar-refractivity contribution in [2.75, 3.05) is 5.32 Å². The third-order valence-electron chi connectivity index (χ3n) is 6.33. The molecule has 0 spiro atoms. The first-order valence-corrected chi connectivity index (χ1v) is 11.4. The standard InChI is InChI=1S/C27H25N5O3/c1-14-10-16(3)24-21(11-14)15(2)12-22(28-24)32-23(13-17(4)30-32)29-25(33)18(5)31-26(34)19-8-6-7-9-20(19)27(31)35/h6-13,18H,1-5H3,(H,29,33). The van der Waals surface area contributed by atoms with Crippen molar-refractivity contribution in [3.05, 3.63) is 82.0 Å². The van der Waals surface area contributed by atoms with Gasteiger partial charge in [-0.05, 0) is 70.0 Å². The van der Waals surface area contributed by atoms with Crippen LogP contribution in [0.1, 0.15) is 50.0 Å². The van der Waals surface area contributed by atoms with E-state index in [0.717, 1.165) is 32.5 Å². The highest BCUT2D eigenvalue weighted by Crippen LogP contribution is 2.27. The smallest absolute Gasteiger partial charge is 0.262 e. The average molecular weight is 468 g/mol. The fourth-order valence-electron chi connectivity index (χ4n) is 4.61. The number of nitrogens with zero attached hydrogens (tertiary/aromatic N) is 4. The van der Waals surface area contributed by atoms with Gasteiger partial charge in [0, 0.05) is 11.5 Å². The molecule has 0 radical (unpaired) electrons. The molecule has 1 N–H and O–H groups in total. The lowest BCUT2D eigenvalue weighted by atomic mass is 10.0. The summed E-state index contributed by atoms with van der Waals surface area (Å²) in [6.07, 6.45) is 0. The number of amides is 3. The Balaban J connectivity index is 1.47. The topological polar surface area (TPSA) is 97.2 Å². The number of imide groups is 1. The first-order chi connectivity index (χ1) is 16.7. The van der Waals surface area contributed by atoms with Crippen LogP contribution in [0.3, 0.4) is 0 Å². The minimum Gasteiger partial charge on any atom is -0.309 e. The molecule has 0 aliphatic carbocycles. The van der Waals surface area contributed by atoms with E-state index in [1.165, 1.54) is 6.92 Å². The van der Waals surface area contributed by atoms with Crippen molar-refractivity contribution >= 4 is 34.4 Å². The minimum absolute atomic E-state index is 0.305. The van der Waals surface area contributed by atoms with Crippen molar-refractivity contribution in [2.24, 2.45) is 0 Å². The summed E-state index contributed by atoms with van der Waals surface area (Å²) < 4.78 is 1.58. The number of anilines is 1. The molecule has 35 heavy (non-hydrogen) atoms. The molecule has 0 fully saturated rings. The summed E-state index contributed by atoms with van der Waals surface area (Å²) in [7, 11) is 0. The molecule has 5 rings (SSSR count). The number of hydrogen-bond acceptors (Lipinski definition) is 5. The van der Waals surface area contributed by atoms with Crippen LogP contribution in [0, 0.1) is 27.7 Å². The summed E-state index contributed by atoms with van der Waals surface area (Å²) in [4.78, 5) is 44.6. The number of aryl methyl sites for hydroxylation is 4. The second-order valence-corrected chi connectivity index (χ2v) is 9.05. The second kappa shape index (κ2) is 8.16. The van der Waals surface area contributed by atoms with Crippen LogP contribution in [-0.2, 0) is 4.79 Å². The zero-order chi connectivity index (χ0) is 25.0. The van der Waals surface area contributed by atoms with E-state index in [4.69, 9.17) is 4.98 Å². The highest BCUT2D eigenvalue weighted by Gasteiger charge is 2.40. The predicted molar refractivity (Wildman–Crippen MR) is 133 cm³/mol. The first-order valence-electron chi connectivity index (χ1n) is 11.4. The highest BCUT2D eigenvalue weighted by atomic mass is 16.2. The van der Waals surface area contributed by atoms with E-state index in [9.17, 15) is 14.4 Å². The van der Waals surface area contributed by atoms with E-state index >= 15 is 0 Å². The SMILES string of the molecule is Cc1cc(C)c2nc(-n3nc(C)cc3NC(=O)C(C)N3C(=O)c4ccccc4C3=O)cc(C)c2c1. The fraction of sp³-hybridized carbons (Fsp3) is 0.222. The second-order valence-electron chi connectivity index (χ2n) is 9.05. The third kappa shape index (κ3) is 3.67. The van der Waals surface area contributed by atoms with Crippen LogP contribution in [-0.4, -0.2) is 43.4 Å². The van der Waals surface area contributed by atoms with Gasteiger partial charge in [-0.25, -0.2) is 4.98 Å². The summed E-state index contributed by atoms with van der Waals surface area (Å²) in [5, 5.41) is 8.45. The molecule has 2 aromatic carbocycles. The maximum absolute atomic E-state index is 13.2. The van der Waals surface area contributed by atoms with E-state index in [-0.39, 0.29) is 0 Å². The average Bonchev–Trinajstić information content (AvgIpc) is 3.30. The van der Waals surface area contributed by atoms with E-state index in [1.807, 2.05) is 26.8 Å². The van der Waals surface area contributed by atoms with Crippen LogP contribution < -0.4 is 5.32 Å². The molecule has 3 amide bonds. The number of hydrogen-bond donors (Lipinski definition) is 1. The number of carbonyl (C=O) groups is 3. The van der Waals surface area contributed by atoms with Crippen LogP contribution in [0.2, 0.25) is 0 Å². The molecule has 1 aliphatic heterocycles. The third-order valence-corrected chi connectivity index (χ3v) is 6.33. The molecule has 2 aromatic heterocycles. The number of fused-ring (bicyclic) bond motifs is 2. The molecule has 1 atom stereocenters. The highest BCUT2D eigenvalue weighted by molar-refractivity contribution is 6.23. The van der Waals surface area contributed by atoms with Crippen LogP contribution in [0.4, 0.5) is 5.82 Å². The largest absolute Gasteiger partial charge is 0.309 e. The predicted octanol–water partition coefficient (Wildman–Crippen LogP) is 4.28. The van der Waals surface area contributed by atoms with Crippen molar-refractivity contribution in [3.8, 4) is 5.82 Å². The number of rotatable bonds is 4. The molecule has 8 heteroatoms. The van der Waals surface area contributed by atoms with E-state index in [1.54, 1.807) is 35.0 Å². The van der Waals surface area contributed by atoms with Gasteiger partial charge in [-0.15, -0.1) is 0 Å². The van der Waals surface area contributed by atoms with Gasteiger partial charge >= 0.3 is 0 Å². The van der Waals surface area contributed by atoms with Crippen molar-refractivity contribution in [3.63, 3.8) is 0 Å². The molecule has 8 nitrogen and oxygen atoms in total. The molecular weight excluding hydrogens is 442 g/mol. The Kier molecular flexibility index (Phi) is 5.24. The Bertz CT molecular complexity index is 1520. The summed E-state index contributed by atoms with van der Waals surface area (Å²) >= 11 is 0. The lowest BCUT2D eigenvalue weighted by Crippen LogP contribution is -2.45. The Morgan fingerprint density at radius 3 is 2.23 bits per heavy atom. The van der Waals surface area contributed by atoms with Crippen LogP contribution in [0.15, 0.2) is 48.5 Å². The van der Waals surface area contributed by atoms with Gasteiger partial charge in [0.1, 0.15) is 11.9 Å². The molecule has 1 unspecified atom stereocenters. The van der Waals surface area contributed by atoms with Gasteiger partial charge in [0.25, 0.3) is 11.8 Å². The molecule has 176 valence electrons. The summed E-state index contributed by atoms with van der Waals surface area (Å²) in [5.74, 6) is -0.471. The number of carbonyl (C=O) groups excluding carboxylic acids is 3. The van der Waals surface area contributed by atoms with Gasteiger partial charge in [0.05, 0.1) is 22.3 Å².